The lowest BCUT2D eigenvalue weighted by Crippen LogP contribution is -2.63. The average Bonchev–Trinajstić information content (AvgIpc) is 1.69. The number of amides is 18. The summed E-state index contributed by atoms with van der Waals surface area (Å²) in [6.45, 7) is 6.76. The molecule has 752 valence electrons. The Morgan fingerprint density at radius 2 is 0.772 bits per heavy atom. The lowest BCUT2D eigenvalue weighted by molar-refractivity contribution is -0.149. The number of carbonyl (C=O) groups is 19. The molecule has 1 aliphatic heterocycles. The summed E-state index contributed by atoms with van der Waals surface area (Å²) in [5, 5.41) is 96.6. The molecular formula is C88H136N24O24. The molecule has 48 nitrogen and oxygen atoms in total. The molecule has 17 atom stereocenters. The van der Waals surface area contributed by atoms with Gasteiger partial charge in [-0.2, -0.15) is 0 Å². The first-order valence-corrected chi connectivity index (χ1v) is 44.9. The number of nitrogens with one attached hydrogen (secondary N) is 16. The molecule has 4 rings (SSSR count). The number of aliphatic carboxylic acids is 1. The normalized spacial score (nSPS) is 15.8. The Morgan fingerprint density at radius 3 is 1.19 bits per heavy atom. The first-order chi connectivity index (χ1) is 64.3. The molecule has 18 amide bonds. The minimum atomic E-state index is -2.03. The van der Waals surface area contributed by atoms with Crippen LogP contribution in [0.15, 0.2) is 84.9 Å². The molecule has 0 aliphatic carbocycles. The molecule has 3 aromatic rings. The standard InChI is InChI=1S/C88H136N24O24/c1-46(2)39-60(104-72(120)54(91)40-52-27-29-53(116)30-28-52)79(127)103-58(31-33-67(92)117)75(123)106-63(43-69(94)119)81(129)111-71(49(6)115)85(133)107-62(42-51-21-11-8-12-22-51)80(128)100-56(24-14-16-36-90)77(125)110-70(47(3)4)84(132)109-65(45-114)82(130)101-55(23-13-15-35-89)73(121)99-57(25-17-37-97-88(95)96)74(122)102-59(32-34-68(93)118)76(124)108-64(44-113)83(131)105-61(41-50-19-9-7-10-20-50)78(126)98-48(5)86(134)112-38-18-26-66(112)87(135)136/h7-12,19-22,27-30,46-49,54-66,70-71,113-116H,13-18,23-26,31-45,89-91H2,1-6H3,(H2,92,117)(H2,93,118)(H2,94,119)(H,98,126)(H,99,121)(H,100,128)(H,101,130)(H,102,122)(H,103,127)(H,104,120)(H,105,131)(H,106,123)(H,107,133)(H,108,124)(H,109,132)(H,110,125)(H,111,129)(H,135,136)(H4,95,96,97)/t48-,49+,54-,55-,56-,57-,58-,59-,60-,61-,62-,63-,64-,65-,66-,70-,71-/m0/s1. The van der Waals surface area contributed by atoms with Crippen molar-refractivity contribution in [1.82, 2.24) is 84.7 Å². The average molecular weight is 1910 g/mol. The quantitative estimate of drug-likeness (QED) is 0.0142. The van der Waals surface area contributed by atoms with E-state index in [1.54, 1.807) is 86.6 Å². The predicted octanol–water partition coefficient (Wildman–Crippen LogP) is -8.37. The summed E-state index contributed by atoms with van der Waals surface area (Å²) in [6.07, 6.45) is -4.91. The van der Waals surface area contributed by atoms with Crippen molar-refractivity contribution in [2.45, 2.75) is 266 Å². The fourth-order valence-electron chi connectivity index (χ4n) is 14.4. The maximum atomic E-state index is 14.8. The Bertz CT molecular complexity index is 4540. The van der Waals surface area contributed by atoms with E-state index < -0.39 is 272 Å². The number of phenols is 1. The number of benzene rings is 3. The van der Waals surface area contributed by atoms with E-state index >= 15 is 0 Å². The van der Waals surface area contributed by atoms with E-state index in [-0.39, 0.29) is 121 Å². The zero-order valence-electron chi connectivity index (χ0n) is 77.2. The molecule has 1 fully saturated rings. The van der Waals surface area contributed by atoms with Gasteiger partial charge >= 0.3 is 5.97 Å². The largest absolute Gasteiger partial charge is 0.508 e. The Kier molecular flexibility index (Phi) is 50.0. The number of hydrogen-bond acceptors (Lipinski definition) is 27. The van der Waals surface area contributed by atoms with Crippen LogP contribution in [0.2, 0.25) is 0 Å². The van der Waals surface area contributed by atoms with Gasteiger partial charge in [0.05, 0.1) is 31.8 Å². The number of phenolic OH excluding ortho intramolecular Hbond substituents is 1. The van der Waals surface area contributed by atoms with Crippen LogP contribution < -0.4 is 120 Å². The number of aliphatic hydroxyl groups is 3. The summed E-state index contributed by atoms with van der Waals surface area (Å²) in [5.74, 6) is -22.0. The second kappa shape index (κ2) is 59.2. The lowest BCUT2D eigenvalue weighted by atomic mass is 10.00. The van der Waals surface area contributed by atoms with Crippen molar-refractivity contribution >= 4 is 118 Å². The second-order valence-electron chi connectivity index (χ2n) is 34.0. The van der Waals surface area contributed by atoms with Gasteiger partial charge in [-0.3, -0.25) is 91.7 Å². The maximum absolute atomic E-state index is 14.8. The molecule has 0 aromatic heterocycles. The van der Waals surface area contributed by atoms with Crippen molar-refractivity contribution in [2.24, 2.45) is 52.0 Å². The van der Waals surface area contributed by atoms with Crippen LogP contribution in [0.5, 0.6) is 5.75 Å². The summed E-state index contributed by atoms with van der Waals surface area (Å²) in [6, 6.07) is -3.87. The van der Waals surface area contributed by atoms with Crippen molar-refractivity contribution < 1.29 is 117 Å². The van der Waals surface area contributed by atoms with Gasteiger partial charge in [-0.25, -0.2) is 4.79 Å². The van der Waals surface area contributed by atoms with E-state index in [1.807, 2.05) is 0 Å². The minimum Gasteiger partial charge on any atom is -0.508 e. The number of nitrogens with two attached hydrogens (primary N) is 7. The van der Waals surface area contributed by atoms with Crippen molar-refractivity contribution in [1.29, 1.82) is 5.41 Å². The van der Waals surface area contributed by atoms with Gasteiger partial charge in [0.2, 0.25) is 106 Å². The van der Waals surface area contributed by atoms with Gasteiger partial charge in [-0.1, -0.05) is 100 Å². The number of primary amides is 3. The van der Waals surface area contributed by atoms with Crippen LogP contribution in [0, 0.1) is 17.2 Å². The van der Waals surface area contributed by atoms with Gasteiger partial charge in [0, 0.05) is 38.8 Å². The van der Waals surface area contributed by atoms with Crippen molar-refractivity contribution in [3.63, 3.8) is 0 Å². The van der Waals surface area contributed by atoms with Gasteiger partial charge in [0.25, 0.3) is 0 Å². The molecule has 3 aromatic carbocycles. The molecule has 48 heteroatoms. The molecule has 0 saturated carbocycles. The smallest absolute Gasteiger partial charge is 0.326 e. The number of carboxylic acids is 1. The number of guanidine groups is 1. The highest BCUT2D eigenvalue weighted by Gasteiger charge is 2.42. The number of unbranched alkanes of at least 4 members (excludes halogenated alkanes) is 2. The van der Waals surface area contributed by atoms with Gasteiger partial charge < -0.3 is 150 Å². The molecule has 0 unspecified atom stereocenters. The van der Waals surface area contributed by atoms with Crippen LogP contribution in [-0.4, -0.2) is 291 Å². The zero-order valence-corrected chi connectivity index (χ0v) is 77.2. The highest BCUT2D eigenvalue weighted by molar-refractivity contribution is 6.02. The monoisotopic (exact) mass is 1910 g/mol. The third-order valence-electron chi connectivity index (χ3n) is 21.8. The zero-order chi connectivity index (χ0) is 102. The first kappa shape index (κ1) is 115. The third-order valence-corrected chi connectivity index (χ3v) is 21.8. The van der Waals surface area contributed by atoms with Crippen molar-refractivity contribution in [2.75, 3.05) is 39.4 Å². The summed E-state index contributed by atoms with van der Waals surface area (Å²) < 4.78 is 0. The molecule has 1 heterocycles. The summed E-state index contributed by atoms with van der Waals surface area (Å²) in [7, 11) is 0. The van der Waals surface area contributed by atoms with Gasteiger partial charge in [0.1, 0.15) is 96.4 Å². The van der Waals surface area contributed by atoms with Crippen molar-refractivity contribution in [3.05, 3.63) is 102 Å². The molecule has 1 saturated heterocycles. The fraction of sp³-hybridized carbons (Fsp3) is 0.568. The Balaban J connectivity index is 1.59. The number of nitrogens with zero attached hydrogens (tertiary/aromatic N) is 1. The number of hydrogen-bond donors (Lipinski definition) is 28. The molecule has 136 heavy (non-hydrogen) atoms. The highest BCUT2D eigenvalue weighted by Crippen LogP contribution is 2.21. The van der Waals surface area contributed by atoms with E-state index in [2.05, 4.69) is 79.8 Å². The van der Waals surface area contributed by atoms with Crippen LogP contribution in [0.25, 0.3) is 0 Å². The number of carbonyl (C=O) groups excluding carboxylic acids is 18. The van der Waals surface area contributed by atoms with E-state index in [9.17, 15) is 117 Å². The Hall–Kier alpha value is -13.6. The Labute approximate surface area is 786 Å². The molecule has 1 aliphatic rings. The van der Waals surface area contributed by atoms with Crippen LogP contribution in [0.1, 0.15) is 161 Å². The highest BCUT2D eigenvalue weighted by atomic mass is 16.4. The van der Waals surface area contributed by atoms with Gasteiger partial charge in [0.15, 0.2) is 5.96 Å². The molecular weight excluding hydrogens is 1780 g/mol. The molecule has 0 radical (unpaired) electrons. The number of likely N-dealkylation sites (tertiary alicyclic amines) is 1. The Morgan fingerprint density at radius 1 is 0.412 bits per heavy atom. The van der Waals surface area contributed by atoms with Crippen LogP contribution in [0.3, 0.4) is 0 Å². The van der Waals surface area contributed by atoms with Crippen LogP contribution >= 0.6 is 0 Å². The molecule has 35 N–H and O–H groups in total. The van der Waals surface area contributed by atoms with Gasteiger partial charge in [-0.15, -0.1) is 0 Å². The molecule has 0 spiro atoms. The third kappa shape index (κ3) is 40.7. The summed E-state index contributed by atoms with van der Waals surface area (Å²) in [5.41, 5.74) is 41.4. The summed E-state index contributed by atoms with van der Waals surface area (Å²) in [4.78, 5) is 264. The summed E-state index contributed by atoms with van der Waals surface area (Å²) >= 11 is 0. The number of aromatic hydroxyl groups is 1. The van der Waals surface area contributed by atoms with Crippen LogP contribution in [-0.2, 0) is 110 Å². The van der Waals surface area contributed by atoms with E-state index in [0.717, 1.165) is 11.8 Å². The number of carboxylic acid groups (broad SMARTS) is 1. The topological polar surface area (TPSA) is 815 Å². The van der Waals surface area contributed by atoms with E-state index in [0.29, 0.717) is 23.1 Å². The number of rotatable bonds is 62. The van der Waals surface area contributed by atoms with E-state index in [4.69, 9.17) is 45.5 Å². The van der Waals surface area contributed by atoms with Gasteiger partial charge in [-0.05, 0) is 157 Å². The first-order valence-electron chi connectivity index (χ1n) is 44.9. The van der Waals surface area contributed by atoms with Crippen molar-refractivity contribution in [3.8, 4) is 5.75 Å². The SMILES string of the molecule is CC(C)C[C@H](NC(=O)[C@@H](N)Cc1ccc(O)cc1)C(=O)N[C@@H](CCC(N)=O)C(=O)N[C@@H](CC(N)=O)C(=O)N[C@H](C(=O)N[C@@H](Cc1ccccc1)C(=O)N[C@@H](CCCCN)C(=O)N[C@H](C(=O)N[C@@H](CO)C(=O)N[C@@H](CCCCN)C(=O)N[C@@H](CCCNC(=N)N)C(=O)N[C@@H](CCC(N)=O)C(=O)N[C@@H](CO)C(=O)N[C@@H](Cc1ccccc1)C(=O)N[C@@H](C)C(=O)N1CCC[C@H]1C(=O)O)C(C)C)[C@@H](C)O. The lowest BCUT2D eigenvalue weighted by Gasteiger charge is -2.29. The maximum Gasteiger partial charge on any atom is 0.326 e. The minimum absolute atomic E-state index is 0.00497. The predicted molar refractivity (Wildman–Crippen MR) is 491 cm³/mol. The molecule has 0 bridgehead atoms. The fourth-order valence-corrected chi connectivity index (χ4v) is 14.4. The van der Waals surface area contributed by atoms with Crippen LogP contribution in [0.4, 0.5) is 0 Å². The number of aliphatic hydroxyl groups excluding tert-OH is 3. The van der Waals surface area contributed by atoms with E-state index in [1.165, 1.54) is 32.9 Å². The second-order valence-corrected chi connectivity index (χ2v) is 34.0.